The Bertz CT molecular complexity index is 13.5. The summed E-state index contributed by atoms with van der Waals surface area (Å²) in [6.07, 6.45) is 0. The van der Waals surface area contributed by atoms with Crippen molar-refractivity contribution in [2.45, 2.75) is 0 Å². The summed E-state index contributed by atoms with van der Waals surface area (Å²) in [5.74, 6) is 0. The molecule has 0 saturated heterocycles. The zero-order valence-corrected chi connectivity index (χ0v) is 14.1. The first-order chi connectivity index (χ1) is 1.00. The van der Waals surface area contributed by atoms with Crippen LogP contribution in [-0.2, 0) is 72.8 Å². The van der Waals surface area contributed by atoms with Crippen LogP contribution in [0.25, 0.3) is 0 Å². The van der Waals surface area contributed by atoms with Crippen LogP contribution in [0.2, 0.25) is 0 Å². The van der Waals surface area contributed by atoms with Gasteiger partial charge in [0.15, 0.2) is 12.5 Å². The molecule has 0 heterocycles. The Labute approximate surface area is 123 Å². The largest absolute Gasteiger partial charge is 3.00 e. The second kappa shape index (κ2) is 39.0. The zero-order chi connectivity index (χ0) is 2.00. The van der Waals surface area contributed by atoms with E-state index in [4.69, 9.17) is 4.21 Å². The minimum absolute atomic E-state index is 0. The Morgan fingerprint density at radius 1 is 1.17 bits per heavy atom. The molecule has 0 aliphatic carbocycles. The van der Waals surface area contributed by atoms with Crippen molar-refractivity contribution in [1.82, 2.24) is 0 Å². The first-order valence-electron chi connectivity index (χ1n) is 0.167. The monoisotopic (exact) mass is 411 g/mol. The van der Waals surface area contributed by atoms with Crippen molar-refractivity contribution in [2.75, 3.05) is 0 Å². The molecule has 0 aliphatic rings. The van der Waals surface area contributed by atoms with Crippen LogP contribution >= 0.6 is 0 Å². The van der Waals surface area contributed by atoms with Gasteiger partial charge < -0.3 is 13.5 Å². The summed E-state index contributed by atoms with van der Waals surface area (Å²) in [7, 11) is 0. The maximum absolute atomic E-state index is 7.83. The van der Waals surface area contributed by atoms with E-state index in [-0.39, 0.29) is 110 Å². The first-order valence-corrected chi connectivity index (χ1v) is 0.500. The van der Waals surface area contributed by atoms with Crippen molar-refractivity contribution in [3.8, 4) is 0 Å². The van der Waals surface area contributed by atoms with Gasteiger partial charge >= 0.3 is 96.2 Å². The molecule has 0 aliphatic heterocycles. The van der Waals surface area contributed by atoms with Crippen molar-refractivity contribution in [1.29, 1.82) is 0 Å². The molecule has 0 N–H and O–H groups in total. The van der Waals surface area contributed by atoms with E-state index < -0.39 is 0 Å². The summed E-state index contributed by atoms with van der Waals surface area (Å²) in [6, 6.07) is 0. The second-order valence-electron chi connectivity index (χ2n) is 0. The van der Waals surface area contributed by atoms with Crippen molar-refractivity contribution in [3.63, 3.8) is 0 Å². The summed E-state index contributed by atoms with van der Waals surface area (Å²) in [4.78, 5) is 0. The van der Waals surface area contributed by atoms with E-state index in [1.54, 1.807) is 0 Å². The molecule has 0 aromatic carbocycles. The number of hydrogen-bond donors (Lipinski definition) is 0. The molecule has 0 radical (unpaired) electrons. The van der Waals surface area contributed by atoms with E-state index in [0.29, 0.717) is 0 Å². The van der Waals surface area contributed by atoms with Gasteiger partial charge in [0.1, 0.15) is 0 Å². The molecule has 0 aromatic rings. The molecule has 0 amide bonds. The van der Waals surface area contributed by atoms with Crippen LogP contribution in [-0.4, -0.2) is 4.21 Å². The number of hydrogen-bond acceptors (Lipinski definition) is 2. The van der Waals surface area contributed by atoms with Gasteiger partial charge in [0.05, 0.1) is 0 Å². The predicted molar refractivity (Wildman–Crippen MR) is 15.5 cm³/mol. The molecule has 6 heteroatoms. The Hall–Kier alpha value is 3.50. The van der Waals surface area contributed by atoms with E-state index in [1.807, 2.05) is 0 Å². The van der Waals surface area contributed by atoms with E-state index in [1.165, 1.54) is 0 Å². The molecular formula is CdEuOS2Zn+5. The van der Waals surface area contributed by atoms with Gasteiger partial charge in [-0.2, -0.15) is 4.21 Å². The summed E-state index contributed by atoms with van der Waals surface area (Å²) in [5, 5.41) is 0. The molecular weight excluding hydrogens is 410 g/mol. The van der Waals surface area contributed by atoms with Crippen LogP contribution in [0.5, 0.6) is 0 Å². The van der Waals surface area contributed by atoms with Crippen LogP contribution in [0, 0.1) is 49.4 Å². The summed E-state index contributed by atoms with van der Waals surface area (Å²) in [6.45, 7) is 0. The molecule has 0 saturated carbocycles. The second-order valence-corrected chi connectivity index (χ2v) is 0. The molecule has 24 valence electrons. The fourth-order valence-corrected chi connectivity index (χ4v) is 0. The van der Waals surface area contributed by atoms with Crippen LogP contribution in [0.3, 0.4) is 0 Å². The van der Waals surface area contributed by atoms with Crippen molar-refractivity contribution >= 4 is 26.0 Å². The zero-order valence-electron chi connectivity index (χ0n) is 3.02. The Kier molecular flexibility index (Phi) is 220. The standard InChI is InChI=1S/Cd.Eu.OS.S.Zn/c;;1-2;;/q+2;+3;;-2;+2. The van der Waals surface area contributed by atoms with Gasteiger partial charge in [-0.05, 0) is 0 Å². The third kappa shape index (κ3) is 25.9. The SMILES string of the molecule is O=S.[Cd+2].[Eu+3].[S-2].[Zn+2]. The molecule has 0 bridgehead atoms. The molecule has 0 unspecified atom stereocenters. The van der Waals surface area contributed by atoms with Crippen LogP contribution in [0.15, 0.2) is 0 Å². The molecule has 0 atom stereocenters. The van der Waals surface area contributed by atoms with E-state index in [2.05, 4.69) is 12.5 Å². The predicted octanol–water partition coefficient (Wildman–Crippen LogP) is -0.344. The Morgan fingerprint density at radius 3 is 1.17 bits per heavy atom. The van der Waals surface area contributed by atoms with Gasteiger partial charge in [0.25, 0.3) is 0 Å². The molecule has 1 nitrogen and oxygen atoms in total. The Morgan fingerprint density at radius 2 is 1.17 bits per heavy atom. The molecule has 0 spiro atoms. The van der Waals surface area contributed by atoms with E-state index in [0.717, 1.165) is 0 Å². The smallest absolute Gasteiger partial charge is 2.00 e. The van der Waals surface area contributed by atoms with Gasteiger partial charge in [0.2, 0.25) is 0 Å². The van der Waals surface area contributed by atoms with Gasteiger partial charge in [-0.15, -0.1) is 0 Å². The van der Waals surface area contributed by atoms with Gasteiger partial charge in [0, 0.05) is 0 Å². The molecule has 0 rings (SSSR count). The first kappa shape index (κ1) is 33.9. The maximum Gasteiger partial charge on any atom is 3.00 e. The van der Waals surface area contributed by atoms with E-state index >= 15 is 0 Å². The fraction of sp³-hybridized carbons (Fsp3) is 0. The third-order valence-corrected chi connectivity index (χ3v) is 0. The van der Waals surface area contributed by atoms with Crippen LogP contribution in [0.4, 0.5) is 0 Å². The number of rotatable bonds is 0. The average Bonchev–Trinajstić information content (AvgIpc) is 1.00. The van der Waals surface area contributed by atoms with Crippen LogP contribution < -0.4 is 0 Å². The van der Waals surface area contributed by atoms with Crippen molar-refractivity contribution < 1.29 is 100 Å². The third-order valence-electron chi connectivity index (χ3n) is 0. The molecule has 0 fully saturated rings. The van der Waals surface area contributed by atoms with Gasteiger partial charge in [-0.1, -0.05) is 0 Å². The average molecular weight is 410 g/mol. The maximum atomic E-state index is 7.83. The van der Waals surface area contributed by atoms with E-state index in [9.17, 15) is 0 Å². The summed E-state index contributed by atoms with van der Waals surface area (Å²) in [5.41, 5.74) is 0. The van der Waals surface area contributed by atoms with Crippen molar-refractivity contribution in [2.24, 2.45) is 0 Å². The normalized spacial score (nSPS) is 0.667. The quantitative estimate of drug-likeness (QED) is 0.509. The Balaban J connectivity index is -0.000000000833. The van der Waals surface area contributed by atoms with Crippen LogP contribution in [0.1, 0.15) is 0 Å². The minimum Gasteiger partial charge on any atom is -2.00 e. The van der Waals surface area contributed by atoms with Gasteiger partial charge in [-0.3, -0.25) is 0 Å². The molecule has 6 heavy (non-hydrogen) atoms. The van der Waals surface area contributed by atoms with Gasteiger partial charge in [-0.25, -0.2) is 0 Å². The summed E-state index contributed by atoms with van der Waals surface area (Å²) >= 11 is 2.83. The molecule has 0 aromatic heterocycles. The summed E-state index contributed by atoms with van der Waals surface area (Å²) < 4.78 is 7.83. The minimum atomic E-state index is 0. The fourth-order valence-electron chi connectivity index (χ4n) is 0. The van der Waals surface area contributed by atoms with Crippen molar-refractivity contribution in [3.05, 3.63) is 0 Å². The topological polar surface area (TPSA) is 17.1 Å².